The lowest BCUT2D eigenvalue weighted by Gasteiger charge is -2.26. The van der Waals surface area contributed by atoms with E-state index in [9.17, 15) is 9.59 Å². The normalized spacial score (nSPS) is 20.8. The van der Waals surface area contributed by atoms with Crippen LogP contribution in [0.1, 0.15) is 39.0 Å². The third kappa shape index (κ3) is 5.71. The van der Waals surface area contributed by atoms with Crippen molar-refractivity contribution in [3.8, 4) is 0 Å². The maximum absolute atomic E-state index is 12.6. The number of benzene rings is 1. The zero-order chi connectivity index (χ0) is 19.8. The summed E-state index contributed by atoms with van der Waals surface area (Å²) in [6.45, 7) is 7.97. The number of nitrogens with one attached hydrogen (secondary N) is 1. The highest BCUT2D eigenvalue weighted by Crippen LogP contribution is 2.24. The van der Waals surface area contributed by atoms with Gasteiger partial charge in [0.15, 0.2) is 0 Å². The summed E-state index contributed by atoms with van der Waals surface area (Å²) in [6, 6.07) is 9.75. The Balaban J connectivity index is 1.42. The first kappa shape index (κ1) is 20.6. The number of hydrogen-bond acceptors (Lipinski definition) is 3. The third-order valence-corrected chi connectivity index (χ3v) is 5.87. The number of rotatable bonds is 7. The van der Waals surface area contributed by atoms with E-state index in [1.54, 1.807) is 0 Å². The van der Waals surface area contributed by atoms with Crippen LogP contribution in [0.5, 0.6) is 0 Å². The molecule has 1 aromatic rings. The van der Waals surface area contributed by atoms with Crippen LogP contribution in [0.2, 0.25) is 0 Å². The third-order valence-electron chi connectivity index (χ3n) is 5.87. The maximum Gasteiger partial charge on any atom is 0.317 e. The molecular formula is C22H34N4O2. The predicted molar refractivity (Wildman–Crippen MR) is 112 cm³/mol. The van der Waals surface area contributed by atoms with Gasteiger partial charge in [-0.1, -0.05) is 31.0 Å². The van der Waals surface area contributed by atoms with Crippen LogP contribution < -0.4 is 10.2 Å². The summed E-state index contributed by atoms with van der Waals surface area (Å²) in [7, 11) is 0. The van der Waals surface area contributed by atoms with Crippen molar-refractivity contribution in [2.75, 3.05) is 50.7 Å². The van der Waals surface area contributed by atoms with Gasteiger partial charge in [0.2, 0.25) is 5.91 Å². The topological polar surface area (TPSA) is 55.9 Å². The minimum Gasteiger partial charge on any atom is -0.338 e. The highest BCUT2D eigenvalue weighted by atomic mass is 16.2. The summed E-state index contributed by atoms with van der Waals surface area (Å²) >= 11 is 0. The van der Waals surface area contributed by atoms with Crippen LogP contribution in [0.3, 0.4) is 0 Å². The molecule has 1 atom stereocenters. The minimum absolute atomic E-state index is 0.0112. The molecule has 1 aromatic carbocycles. The van der Waals surface area contributed by atoms with Gasteiger partial charge in [-0.05, 0) is 45.0 Å². The van der Waals surface area contributed by atoms with Gasteiger partial charge < -0.3 is 20.0 Å². The fourth-order valence-corrected chi connectivity index (χ4v) is 4.14. The number of hydrogen-bond donors (Lipinski definition) is 1. The lowest BCUT2D eigenvalue weighted by Crippen LogP contribution is -2.45. The molecule has 0 aliphatic carbocycles. The summed E-state index contributed by atoms with van der Waals surface area (Å²) in [6.07, 6.45) is 5.69. The molecule has 6 heteroatoms. The molecule has 154 valence electrons. The van der Waals surface area contributed by atoms with E-state index in [-0.39, 0.29) is 17.9 Å². The number of nitrogens with zero attached hydrogens (tertiary/aromatic N) is 3. The van der Waals surface area contributed by atoms with E-state index in [1.807, 2.05) is 47.1 Å². The summed E-state index contributed by atoms with van der Waals surface area (Å²) in [5, 5.41) is 3.06. The van der Waals surface area contributed by atoms with Crippen molar-refractivity contribution in [2.45, 2.75) is 39.0 Å². The molecule has 2 fully saturated rings. The Labute approximate surface area is 168 Å². The smallest absolute Gasteiger partial charge is 0.317 e. The van der Waals surface area contributed by atoms with E-state index in [2.05, 4.69) is 10.2 Å². The second-order valence-corrected chi connectivity index (χ2v) is 7.93. The van der Waals surface area contributed by atoms with E-state index in [4.69, 9.17) is 0 Å². The van der Waals surface area contributed by atoms with Gasteiger partial charge in [-0.2, -0.15) is 0 Å². The van der Waals surface area contributed by atoms with Crippen molar-refractivity contribution in [2.24, 2.45) is 5.92 Å². The monoisotopic (exact) mass is 386 g/mol. The van der Waals surface area contributed by atoms with Crippen LogP contribution in [0, 0.1) is 5.92 Å². The quantitative estimate of drug-likeness (QED) is 0.784. The maximum atomic E-state index is 12.6. The molecule has 3 rings (SSSR count). The Kier molecular flexibility index (Phi) is 7.71. The van der Waals surface area contributed by atoms with Crippen molar-refractivity contribution in [1.29, 1.82) is 0 Å². The van der Waals surface area contributed by atoms with Crippen molar-refractivity contribution in [1.82, 2.24) is 15.1 Å². The number of urea groups is 1. The predicted octanol–water partition coefficient (Wildman–Crippen LogP) is 2.95. The van der Waals surface area contributed by atoms with E-state index in [1.165, 1.54) is 25.7 Å². The second-order valence-electron chi connectivity index (χ2n) is 7.93. The lowest BCUT2D eigenvalue weighted by molar-refractivity contribution is -0.117. The number of likely N-dealkylation sites (N-methyl/N-ethyl adjacent to an activating group) is 1. The second kappa shape index (κ2) is 10.5. The molecule has 2 heterocycles. The van der Waals surface area contributed by atoms with Gasteiger partial charge in [-0.15, -0.1) is 0 Å². The SMILES string of the molecule is CCN(CCN1CCCCCC1)C(=O)NC[C@H]1CC(=O)N(c2ccccc2)C1. The molecule has 0 bridgehead atoms. The van der Waals surface area contributed by atoms with Crippen LogP contribution in [0.15, 0.2) is 30.3 Å². The summed E-state index contributed by atoms with van der Waals surface area (Å²) in [5.41, 5.74) is 0.939. The van der Waals surface area contributed by atoms with Gasteiger partial charge in [0.05, 0.1) is 0 Å². The first-order valence-electron chi connectivity index (χ1n) is 10.8. The molecule has 2 aliphatic rings. The largest absolute Gasteiger partial charge is 0.338 e. The fraction of sp³-hybridized carbons (Fsp3) is 0.636. The first-order chi connectivity index (χ1) is 13.7. The molecule has 2 aliphatic heterocycles. The Morgan fingerprint density at radius 3 is 2.54 bits per heavy atom. The van der Waals surface area contributed by atoms with Crippen LogP contribution in [-0.4, -0.2) is 67.6 Å². The molecule has 1 N–H and O–H groups in total. The van der Waals surface area contributed by atoms with Crippen LogP contribution in [0.25, 0.3) is 0 Å². The van der Waals surface area contributed by atoms with Gasteiger partial charge >= 0.3 is 6.03 Å². The van der Waals surface area contributed by atoms with Gasteiger partial charge in [0.1, 0.15) is 0 Å². The Bertz CT molecular complexity index is 629. The number of anilines is 1. The van der Waals surface area contributed by atoms with E-state index in [0.29, 0.717) is 26.1 Å². The van der Waals surface area contributed by atoms with E-state index < -0.39 is 0 Å². The van der Waals surface area contributed by atoms with Crippen LogP contribution in [0.4, 0.5) is 10.5 Å². The van der Waals surface area contributed by atoms with Crippen molar-refractivity contribution >= 4 is 17.6 Å². The van der Waals surface area contributed by atoms with Crippen molar-refractivity contribution < 1.29 is 9.59 Å². The summed E-state index contributed by atoms with van der Waals surface area (Å²) < 4.78 is 0. The number of carbonyl (C=O) groups excluding carboxylic acids is 2. The summed E-state index contributed by atoms with van der Waals surface area (Å²) in [5.74, 6) is 0.305. The number of para-hydroxylation sites is 1. The molecule has 3 amide bonds. The standard InChI is InChI=1S/C22H34N4O2/c1-2-25(15-14-24-12-8-3-4-9-13-24)22(28)23-17-19-16-21(27)26(18-19)20-10-6-5-7-11-20/h5-7,10-11,19H,2-4,8-9,12-18H2,1H3,(H,23,28)/t19-/m1/s1. The molecule has 6 nitrogen and oxygen atoms in total. The number of likely N-dealkylation sites (tertiary alicyclic amines) is 1. The molecule has 0 unspecified atom stereocenters. The van der Waals surface area contributed by atoms with Gasteiger partial charge in [-0.25, -0.2) is 4.79 Å². The van der Waals surface area contributed by atoms with E-state index >= 15 is 0 Å². The molecule has 0 spiro atoms. The summed E-state index contributed by atoms with van der Waals surface area (Å²) in [4.78, 5) is 31.1. The zero-order valence-electron chi connectivity index (χ0n) is 17.1. The van der Waals surface area contributed by atoms with Crippen LogP contribution >= 0.6 is 0 Å². The number of amides is 3. The highest BCUT2D eigenvalue weighted by molar-refractivity contribution is 5.95. The zero-order valence-corrected chi connectivity index (χ0v) is 17.1. The highest BCUT2D eigenvalue weighted by Gasteiger charge is 2.30. The molecule has 28 heavy (non-hydrogen) atoms. The van der Waals surface area contributed by atoms with Crippen LogP contribution in [-0.2, 0) is 4.79 Å². The Morgan fingerprint density at radius 2 is 1.86 bits per heavy atom. The van der Waals surface area contributed by atoms with Gasteiger partial charge in [-0.3, -0.25) is 4.79 Å². The molecule has 2 saturated heterocycles. The molecular weight excluding hydrogens is 352 g/mol. The van der Waals surface area contributed by atoms with Crippen molar-refractivity contribution in [3.05, 3.63) is 30.3 Å². The molecule has 0 aromatic heterocycles. The van der Waals surface area contributed by atoms with E-state index in [0.717, 1.165) is 31.9 Å². The average Bonchev–Trinajstić information content (AvgIpc) is 2.91. The molecule has 0 radical (unpaired) electrons. The fourth-order valence-electron chi connectivity index (χ4n) is 4.14. The number of carbonyl (C=O) groups is 2. The van der Waals surface area contributed by atoms with Crippen molar-refractivity contribution in [3.63, 3.8) is 0 Å². The first-order valence-corrected chi connectivity index (χ1v) is 10.8. The average molecular weight is 387 g/mol. The minimum atomic E-state index is -0.0112. The Morgan fingerprint density at radius 1 is 1.14 bits per heavy atom. The Hall–Kier alpha value is -2.08. The molecule has 0 saturated carbocycles. The van der Waals surface area contributed by atoms with Gasteiger partial charge in [0, 0.05) is 50.7 Å². The van der Waals surface area contributed by atoms with Gasteiger partial charge in [0.25, 0.3) is 0 Å². The lowest BCUT2D eigenvalue weighted by atomic mass is 10.1.